The van der Waals surface area contributed by atoms with E-state index < -0.39 is 4.92 Å². The van der Waals surface area contributed by atoms with Crippen LogP contribution in [-0.4, -0.2) is 18.1 Å². The van der Waals surface area contributed by atoms with Crippen LogP contribution in [0.3, 0.4) is 0 Å². The van der Waals surface area contributed by atoms with Crippen molar-refractivity contribution in [2.45, 2.75) is 13.8 Å². The maximum absolute atomic E-state index is 10.7. The topological polar surface area (TPSA) is 85.4 Å². The van der Waals surface area contributed by atoms with E-state index in [0.717, 1.165) is 0 Å². The predicted molar refractivity (Wildman–Crippen MR) is 58.2 cm³/mol. The number of hydrogen-bond donors (Lipinski definition) is 0. The first-order valence-electron chi connectivity index (χ1n) is 4.89. The first-order chi connectivity index (χ1) is 7.60. The van der Waals surface area contributed by atoms with Crippen LogP contribution in [0.25, 0.3) is 0 Å². The number of nitro benzene ring substituents is 1. The molecule has 87 valence electrons. The summed E-state index contributed by atoms with van der Waals surface area (Å²) in [5.74, 6) is 0.334. The van der Waals surface area contributed by atoms with Gasteiger partial charge in [0.2, 0.25) is 0 Å². The molecule has 1 radical (unpaired) electrons. The van der Waals surface area contributed by atoms with Crippen molar-refractivity contribution in [3.8, 4) is 11.5 Å². The molecule has 1 aromatic rings. The molecular weight excluding hydrogens is 212 g/mol. The summed E-state index contributed by atoms with van der Waals surface area (Å²) in [4.78, 5) is 10.1. The third-order valence-electron chi connectivity index (χ3n) is 1.86. The molecule has 0 saturated heterocycles. The van der Waals surface area contributed by atoms with E-state index in [1.165, 1.54) is 12.1 Å². The summed E-state index contributed by atoms with van der Waals surface area (Å²) in [6.45, 7) is 4.19. The minimum absolute atomic E-state index is 0.0364. The number of nitrogens with zero attached hydrogens (tertiary/aromatic N) is 1. The summed E-state index contributed by atoms with van der Waals surface area (Å²) < 4.78 is 10.3. The van der Waals surface area contributed by atoms with E-state index in [-0.39, 0.29) is 22.9 Å². The molecule has 0 aliphatic heterocycles. The minimum Gasteiger partial charge on any atom is -0.491 e. The van der Waals surface area contributed by atoms with E-state index in [2.05, 4.69) is 0 Å². The number of hydrogen-bond acceptors (Lipinski definition) is 4. The molecule has 0 fully saturated rings. The van der Waals surface area contributed by atoms with E-state index in [9.17, 15) is 10.1 Å². The van der Waals surface area contributed by atoms with Gasteiger partial charge in [-0.25, -0.2) is 0 Å². The molecule has 0 bridgehead atoms. The monoisotopic (exact) mass is 225 g/mol. The molecule has 0 aliphatic carbocycles. The van der Waals surface area contributed by atoms with Gasteiger partial charge in [-0.05, 0) is 13.8 Å². The van der Waals surface area contributed by atoms with E-state index in [1.807, 2.05) is 0 Å². The Labute approximate surface area is 93.1 Å². The van der Waals surface area contributed by atoms with E-state index in [1.54, 1.807) is 13.8 Å². The molecule has 6 heteroatoms. The van der Waals surface area contributed by atoms with Gasteiger partial charge in [0.05, 0.1) is 30.3 Å². The van der Waals surface area contributed by atoms with Crippen molar-refractivity contribution in [3.63, 3.8) is 0 Å². The summed E-state index contributed by atoms with van der Waals surface area (Å²) in [7, 11) is 0. The van der Waals surface area contributed by atoms with Crippen molar-refractivity contribution in [1.82, 2.24) is 5.73 Å². The van der Waals surface area contributed by atoms with Crippen molar-refractivity contribution >= 4 is 11.4 Å². The van der Waals surface area contributed by atoms with Crippen molar-refractivity contribution in [2.75, 3.05) is 13.2 Å². The van der Waals surface area contributed by atoms with Gasteiger partial charge in [0.25, 0.3) is 5.69 Å². The molecule has 0 heterocycles. The van der Waals surface area contributed by atoms with Gasteiger partial charge in [-0.15, -0.1) is 0 Å². The number of nitrogens with one attached hydrogen (secondary N) is 1. The van der Waals surface area contributed by atoms with Crippen molar-refractivity contribution in [2.24, 2.45) is 0 Å². The largest absolute Gasteiger partial charge is 0.491 e. The minimum atomic E-state index is -0.537. The Morgan fingerprint density at radius 2 is 1.69 bits per heavy atom. The zero-order valence-electron chi connectivity index (χ0n) is 9.15. The second-order valence-corrected chi connectivity index (χ2v) is 2.94. The van der Waals surface area contributed by atoms with Crippen molar-refractivity contribution in [1.29, 1.82) is 0 Å². The Hall–Kier alpha value is -1.98. The summed E-state index contributed by atoms with van der Waals surface area (Å²) in [6, 6.07) is 2.46. The highest BCUT2D eigenvalue weighted by molar-refractivity contribution is 5.65. The fraction of sp³-hybridized carbons (Fsp3) is 0.400. The molecule has 0 atom stereocenters. The van der Waals surface area contributed by atoms with Crippen LogP contribution < -0.4 is 15.2 Å². The van der Waals surface area contributed by atoms with Gasteiger partial charge in [-0.3, -0.25) is 15.8 Å². The predicted octanol–water partition coefficient (Wildman–Crippen LogP) is 2.31. The number of benzene rings is 1. The van der Waals surface area contributed by atoms with Gasteiger partial charge in [-0.2, -0.15) is 0 Å². The Kier molecular flexibility index (Phi) is 3.93. The van der Waals surface area contributed by atoms with Crippen LogP contribution in [0, 0.1) is 10.1 Å². The van der Waals surface area contributed by atoms with Crippen LogP contribution in [0.1, 0.15) is 13.8 Å². The Morgan fingerprint density at radius 3 is 2.00 bits per heavy atom. The molecule has 0 aliphatic rings. The molecule has 16 heavy (non-hydrogen) atoms. The standard InChI is InChI=1S/C10H13N2O4/c1-3-15-8-5-7(12(13)14)6-9(10(8)11)16-4-2/h5-6,11H,3-4H2,1-2H3. The van der Waals surface area contributed by atoms with Gasteiger partial charge in [0.15, 0.2) is 11.5 Å². The maximum atomic E-state index is 10.7. The van der Waals surface area contributed by atoms with Crippen LogP contribution in [0.4, 0.5) is 11.4 Å². The van der Waals surface area contributed by atoms with Crippen LogP contribution in [0.2, 0.25) is 0 Å². The zero-order valence-corrected chi connectivity index (χ0v) is 9.15. The van der Waals surface area contributed by atoms with Gasteiger partial charge in [0.1, 0.15) is 5.69 Å². The summed E-state index contributed by atoms with van der Waals surface area (Å²) in [5.41, 5.74) is 7.62. The van der Waals surface area contributed by atoms with Crippen LogP contribution in [0.5, 0.6) is 11.5 Å². The Bertz CT molecular complexity index is 365. The first kappa shape index (κ1) is 12.1. The number of ether oxygens (including phenoxy) is 2. The fourth-order valence-corrected chi connectivity index (χ4v) is 1.22. The number of non-ortho nitro benzene ring substituents is 1. The molecular formula is C10H13N2O4. The Balaban J connectivity index is 3.21. The first-order valence-corrected chi connectivity index (χ1v) is 4.89. The van der Waals surface area contributed by atoms with Crippen LogP contribution in [0.15, 0.2) is 12.1 Å². The molecule has 0 spiro atoms. The normalized spacial score (nSPS) is 9.88. The summed E-state index contributed by atoms with van der Waals surface area (Å²) >= 11 is 0. The second kappa shape index (κ2) is 5.20. The number of nitro groups is 1. The summed E-state index contributed by atoms with van der Waals surface area (Å²) in [6.07, 6.45) is 0. The molecule has 1 aromatic carbocycles. The lowest BCUT2D eigenvalue weighted by atomic mass is 10.2. The van der Waals surface area contributed by atoms with Gasteiger partial charge in [0, 0.05) is 0 Å². The SMILES string of the molecule is CCOc1cc([N+](=O)[O-])cc(OCC)c1[NH]. The highest BCUT2D eigenvalue weighted by atomic mass is 16.6. The highest BCUT2D eigenvalue weighted by Crippen LogP contribution is 2.37. The third-order valence-corrected chi connectivity index (χ3v) is 1.86. The van der Waals surface area contributed by atoms with Gasteiger partial charge >= 0.3 is 0 Å². The average molecular weight is 225 g/mol. The quantitative estimate of drug-likeness (QED) is 0.568. The lowest BCUT2D eigenvalue weighted by molar-refractivity contribution is -0.385. The lowest BCUT2D eigenvalue weighted by Crippen LogP contribution is -1.99. The summed E-state index contributed by atoms with van der Waals surface area (Å²) in [5, 5.41) is 10.7. The van der Waals surface area contributed by atoms with Crippen molar-refractivity contribution < 1.29 is 14.4 Å². The van der Waals surface area contributed by atoms with Crippen LogP contribution in [-0.2, 0) is 0 Å². The Morgan fingerprint density at radius 1 is 1.25 bits per heavy atom. The number of rotatable bonds is 5. The van der Waals surface area contributed by atoms with E-state index >= 15 is 0 Å². The molecule has 0 aromatic heterocycles. The van der Waals surface area contributed by atoms with E-state index in [0.29, 0.717) is 13.2 Å². The van der Waals surface area contributed by atoms with Crippen molar-refractivity contribution in [3.05, 3.63) is 22.2 Å². The fourth-order valence-electron chi connectivity index (χ4n) is 1.22. The zero-order chi connectivity index (χ0) is 12.1. The molecule has 1 rings (SSSR count). The molecule has 1 N–H and O–H groups in total. The highest BCUT2D eigenvalue weighted by Gasteiger charge is 2.16. The molecule has 0 saturated carbocycles. The lowest BCUT2D eigenvalue weighted by Gasteiger charge is -2.10. The maximum Gasteiger partial charge on any atom is 0.277 e. The molecule has 6 nitrogen and oxygen atoms in total. The van der Waals surface area contributed by atoms with Gasteiger partial charge in [-0.1, -0.05) is 0 Å². The average Bonchev–Trinajstić information content (AvgIpc) is 2.24. The van der Waals surface area contributed by atoms with Crippen LogP contribution >= 0.6 is 0 Å². The smallest absolute Gasteiger partial charge is 0.277 e. The van der Waals surface area contributed by atoms with Gasteiger partial charge < -0.3 is 9.47 Å². The molecule has 0 unspecified atom stereocenters. The third kappa shape index (κ3) is 2.53. The molecule has 0 amide bonds. The second-order valence-electron chi connectivity index (χ2n) is 2.94. The van der Waals surface area contributed by atoms with E-state index in [4.69, 9.17) is 15.2 Å².